The van der Waals surface area contributed by atoms with Crippen LogP contribution in [0.25, 0.3) is 0 Å². The Labute approximate surface area is 174 Å². The summed E-state index contributed by atoms with van der Waals surface area (Å²) in [5, 5.41) is 3.02. The molecule has 1 heterocycles. The van der Waals surface area contributed by atoms with Crippen molar-refractivity contribution in [2.75, 3.05) is 13.1 Å². The van der Waals surface area contributed by atoms with Crippen molar-refractivity contribution >= 4 is 15.9 Å². The Morgan fingerprint density at radius 1 is 1.07 bits per heavy atom. The topological polar surface area (TPSA) is 66.5 Å². The highest BCUT2D eigenvalue weighted by atomic mass is 32.2. The van der Waals surface area contributed by atoms with Crippen molar-refractivity contribution < 1.29 is 13.2 Å². The van der Waals surface area contributed by atoms with Crippen LogP contribution in [0.3, 0.4) is 0 Å². The summed E-state index contributed by atoms with van der Waals surface area (Å²) in [6, 6.07) is 15.0. The number of benzene rings is 2. The molecule has 1 aliphatic heterocycles. The Hall–Kier alpha value is -2.18. The molecule has 0 bridgehead atoms. The van der Waals surface area contributed by atoms with Crippen LogP contribution in [0.15, 0.2) is 53.4 Å². The van der Waals surface area contributed by atoms with Gasteiger partial charge in [0.2, 0.25) is 10.0 Å². The molecule has 0 aromatic heterocycles. The van der Waals surface area contributed by atoms with Gasteiger partial charge in [0.15, 0.2) is 0 Å². The first kappa shape index (κ1) is 21.5. The molecule has 1 atom stereocenters. The van der Waals surface area contributed by atoms with Gasteiger partial charge in [-0.05, 0) is 62.8 Å². The van der Waals surface area contributed by atoms with Crippen LogP contribution >= 0.6 is 0 Å². The molecular formula is C23H30N2O3S. The maximum atomic E-state index is 12.9. The maximum absolute atomic E-state index is 12.9. The second-order valence-electron chi connectivity index (χ2n) is 7.84. The molecule has 2 aromatic rings. The lowest BCUT2D eigenvalue weighted by Crippen LogP contribution is -2.36. The summed E-state index contributed by atoms with van der Waals surface area (Å²) < 4.78 is 27.4. The van der Waals surface area contributed by atoms with Crippen LogP contribution in [0.1, 0.15) is 54.1 Å². The summed E-state index contributed by atoms with van der Waals surface area (Å²) in [5.41, 5.74) is 2.43. The van der Waals surface area contributed by atoms with Crippen molar-refractivity contribution in [3.05, 3.63) is 65.2 Å². The number of hydrogen-bond donors (Lipinski definition) is 1. The van der Waals surface area contributed by atoms with Gasteiger partial charge in [-0.3, -0.25) is 4.79 Å². The van der Waals surface area contributed by atoms with E-state index in [1.807, 2.05) is 32.0 Å². The molecule has 1 fully saturated rings. The highest BCUT2D eigenvalue weighted by molar-refractivity contribution is 7.89. The minimum atomic E-state index is -3.56. The summed E-state index contributed by atoms with van der Waals surface area (Å²) in [7, 11) is -3.56. The third-order valence-corrected chi connectivity index (χ3v) is 7.39. The Balaban J connectivity index is 1.69. The number of sulfonamides is 1. The van der Waals surface area contributed by atoms with Gasteiger partial charge in [0.25, 0.3) is 5.91 Å². The van der Waals surface area contributed by atoms with E-state index in [1.54, 1.807) is 12.1 Å². The van der Waals surface area contributed by atoms with Crippen LogP contribution in [0, 0.1) is 6.92 Å². The molecule has 6 heteroatoms. The van der Waals surface area contributed by atoms with E-state index in [1.165, 1.54) is 15.9 Å². The third-order valence-electron chi connectivity index (χ3n) is 5.49. The van der Waals surface area contributed by atoms with Crippen molar-refractivity contribution in [3.63, 3.8) is 0 Å². The fourth-order valence-corrected chi connectivity index (χ4v) is 5.21. The number of hydrogen-bond acceptors (Lipinski definition) is 3. The van der Waals surface area contributed by atoms with Crippen LogP contribution in [-0.2, 0) is 16.4 Å². The second kappa shape index (κ2) is 9.55. The number of amides is 1. The average Bonchev–Trinajstić information content (AvgIpc) is 2.73. The molecule has 156 valence electrons. The molecule has 0 saturated carbocycles. The van der Waals surface area contributed by atoms with E-state index in [9.17, 15) is 13.2 Å². The van der Waals surface area contributed by atoms with E-state index in [0.29, 0.717) is 18.7 Å². The van der Waals surface area contributed by atoms with Crippen molar-refractivity contribution in [1.82, 2.24) is 9.62 Å². The zero-order valence-electron chi connectivity index (χ0n) is 17.2. The molecule has 1 saturated heterocycles. The summed E-state index contributed by atoms with van der Waals surface area (Å²) in [6.07, 6.45) is 4.54. The molecule has 2 aromatic carbocycles. The smallest absolute Gasteiger partial charge is 0.251 e. The monoisotopic (exact) mass is 414 g/mol. The number of nitrogens with zero attached hydrogens (tertiary/aromatic N) is 1. The van der Waals surface area contributed by atoms with Gasteiger partial charge in [0, 0.05) is 24.7 Å². The molecule has 0 aliphatic carbocycles. The third kappa shape index (κ3) is 5.46. The van der Waals surface area contributed by atoms with Crippen LogP contribution in [0.2, 0.25) is 0 Å². The van der Waals surface area contributed by atoms with Gasteiger partial charge in [-0.15, -0.1) is 0 Å². The molecule has 0 radical (unpaired) electrons. The van der Waals surface area contributed by atoms with Crippen molar-refractivity contribution in [3.8, 4) is 0 Å². The van der Waals surface area contributed by atoms with Crippen molar-refractivity contribution in [1.29, 1.82) is 0 Å². The van der Waals surface area contributed by atoms with Gasteiger partial charge >= 0.3 is 0 Å². The largest absolute Gasteiger partial charge is 0.350 e. The molecule has 29 heavy (non-hydrogen) atoms. The summed E-state index contributed by atoms with van der Waals surface area (Å²) in [4.78, 5) is 13.0. The molecule has 5 nitrogen and oxygen atoms in total. The maximum Gasteiger partial charge on any atom is 0.251 e. The lowest BCUT2D eigenvalue weighted by Gasteiger charge is -2.26. The molecule has 1 aliphatic rings. The Morgan fingerprint density at radius 3 is 2.45 bits per heavy atom. The highest BCUT2D eigenvalue weighted by Crippen LogP contribution is 2.23. The van der Waals surface area contributed by atoms with Gasteiger partial charge in [0.1, 0.15) is 0 Å². The van der Waals surface area contributed by atoms with E-state index < -0.39 is 10.0 Å². The molecule has 0 unspecified atom stereocenters. The van der Waals surface area contributed by atoms with Gasteiger partial charge in [-0.25, -0.2) is 8.42 Å². The van der Waals surface area contributed by atoms with E-state index >= 15 is 0 Å². The number of piperidine rings is 1. The predicted octanol–water partition coefficient (Wildman–Crippen LogP) is 3.92. The number of rotatable bonds is 7. The summed E-state index contributed by atoms with van der Waals surface area (Å²) in [5.74, 6) is -0.223. The highest BCUT2D eigenvalue weighted by Gasteiger charge is 2.27. The standard InChI is InChI=1S/C23H30N2O3S/c1-18-11-14-21(29(27,28)25-15-7-4-8-16-25)17-22(18)23(26)24-19(2)12-13-20-9-5-3-6-10-20/h3,5-6,9-11,14,17,19H,4,7-8,12-13,15-16H2,1-2H3,(H,24,26)/t19-/m1/s1. The number of carbonyl (C=O) groups is 1. The van der Waals surface area contributed by atoms with Crippen LogP contribution in [0.4, 0.5) is 0 Å². The van der Waals surface area contributed by atoms with Crippen molar-refractivity contribution in [2.24, 2.45) is 0 Å². The first-order valence-corrected chi connectivity index (χ1v) is 11.8. The fraction of sp³-hybridized carbons (Fsp3) is 0.435. The van der Waals surface area contributed by atoms with Crippen molar-refractivity contribution in [2.45, 2.75) is 56.9 Å². The van der Waals surface area contributed by atoms with Gasteiger partial charge in [-0.2, -0.15) is 4.31 Å². The van der Waals surface area contributed by atoms with Crippen LogP contribution < -0.4 is 5.32 Å². The second-order valence-corrected chi connectivity index (χ2v) is 9.78. The Kier molecular flexibility index (Phi) is 7.09. The lowest BCUT2D eigenvalue weighted by atomic mass is 10.0. The average molecular weight is 415 g/mol. The molecular weight excluding hydrogens is 384 g/mol. The molecule has 3 rings (SSSR count). The van der Waals surface area contributed by atoms with Crippen LogP contribution in [-0.4, -0.2) is 37.8 Å². The summed E-state index contributed by atoms with van der Waals surface area (Å²) >= 11 is 0. The lowest BCUT2D eigenvalue weighted by molar-refractivity contribution is 0.0937. The fourth-order valence-electron chi connectivity index (χ4n) is 3.66. The first-order valence-electron chi connectivity index (χ1n) is 10.3. The van der Waals surface area contributed by atoms with E-state index in [2.05, 4.69) is 17.4 Å². The predicted molar refractivity (Wildman–Crippen MR) is 115 cm³/mol. The SMILES string of the molecule is Cc1ccc(S(=O)(=O)N2CCCCC2)cc1C(=O)N[C@H](C)CCc1ccccc1. The zero-order chi connectivity index (χ0) is 20.9. The number of carbonyl (C=O) groups excluding carboxylic acids is 1. The Morgan fingerprint density at radius 2 is 1.76 bits per heavy atom. The van der Waals surface area contributed by atoms with Crippen LogP contribution in [0.5, 0.6) is 0 Å². The van der Waals surface area contributed by atoms with Gasteiger partial charge in [0.05, 0.1) is 4.90 Å². The zero-order valence-corrected chi connectivity index (χ0v) is 18.0. The van der Waals surface area contributed by atoms with E-state index in [0.717, 1.165) is 37.7 Å². The first-order chi connectivity index (χ1) is 13.9. The quantitative estimate of drug-likeness (QED) is 0.747. The molecule has 1 amide bonds. The minimum absolute atomic E-state index is 0.00976. The molecule has 1 N–H and O–H groups in total. The van der Waals surface area contributed by atoms with E-state index in [-0.39, 0.29) is 16.8 Å². The molecule has 0 spiro atoms. The normalized spacial score (nSPS) is 16.3. The Bertz CT molecular complexity index is 936. The van der Waals surface area contributed by atoms with Gasteiger partial charge < -0.3 is 5.32 Å². The summed E-state index contributed by atoms with van der Waals surface area (Å²) in [6.45, 7) is 4.91. The van der Waals surface area contributed by atoms with E-state index in [4.69, 9.17) is 0 Å². The number of nitrogens with one attached hydrogen (secondary N) is 1. The van der Waals surface area contributed by atoms with Gasteiger partial charge in [-0.1, -0.05) is 42.8 Å². The number of aryl methyl sites for hydroxylation is 2. The minimum Gasteiger partial charge on any atom is -0.350 e.